The van der Waals surface area contributed by atoms with Crippen molar-refractivity contribution in [2.24, 2.45) is 0 Å². The lowest BCUT2D eigenvalue weighted by molar-refractivity contribution is 0.177. The van der Waals surface area contributed by atoms with Gasteiger partial charge in [0, 0.05) is 11.9 Å². The molecule has 0 bridgehead atoms. The number of likely N-dealkylation sites (tertiary alicyclic amines) is 1. The average Bonchev–Trinajstić information content (AvgIpc) is 2.34. The fourth-order valence-corrected chi connectivity index (χ4v) is 2.69. The Morgan fingerprint density at radius 1 is 1.12 bits per heavy atom. The van der Waals surface area contributed by atoms with Crippen LogP contribution in [-0.4, -0.2) is 23.9 Å². The van der Waals surface area contributed by atoms with Crippen molar-refractivity contribution in [2.45, 2.75) is 25.3 Å². The van der Waals surface area contributed by atoms with E-state index in [1.807, 2.05) is 12.1 Å². The van der Waals surface area contributed by atoms with Crippen LogP contribution in [0.5, 0.6) is 0 Å². The number of piperidine rings is 1. The SMILES string of the molecule is Fc1ccc(C(CCl)N2CCCCC2)cc1. The highest BCUT2D eigenvalue weighted by Crippen LogP contribution is 2.25. The molecule has 0 amide bonds. The summed E-state index contributed by atoms with van der Waals surface area (Å²) in [5, 5.41) is 0. The summed E-state index contributed by atoms with van der Waals surface area (Å²) in [5.74, 6) is 0.391. The lowest BCUT2D eigenvalue weighted by atomic mass is 10.0. The van der Waals surface area contributed by atoms with Crippen LogP contribution in [0.15, 0.2) is 24.3 Å². The third-order valence-corrected chi connectivity index (χ3v) is 3.52. The Labute approximate surface area is 101 Å². The van der Waals surface area contributed by atoms with Crippen molar-refractivity contribution in [3.05, 3.63) is 35.6 Å². The molecule has 1 fully saturated rings. The molecule has 1 aromatic carbocycles. The maximum Gasteiger partial charge on any atom is 0.123 e. The topological polar surface area (TPSA) is 3.24 Å². The molecular weight excluding hydrogens is 225 g/mol. The molecule has 1 heterocycles. The predicted octanol–water partition coefficient (Wildman–Crippen LogP) is 3.59. The first-order valence-electron chi connectivity index (χ1n) is 5.87. The Morgan fingerprint density at radius 2 is 1.75 bits per heavy atom. The van der Waals surface area contributed by atoms with Gasteiger partial charge >= 0.3 is 0 Å². The van der Waals surface area contributed by atoms with Crippen LogP contribution >= 0.6 is 11.6 Å². The minimum atomic E-state index is -0.185. The molecule has 0 saturated carbocycles. The molecule has 0 radical (unpaired) electrons. The van der Waals surface area contributed by atoms with Crippen molar-refractivity contribution in [1.29, 1.82) is 0 Å². The van der Waals surface area contributed by atoms with Crippen molar-refractivity contribution in [3.63, 3.8) is 0 Å². The van der Waals surface area contributed by atoms with Gasteiger partial charge in [-0.15, -0.1) is 11.6 Å². The quantitative estimate of drug-likeness (QED) is 0.731. The summed E-state index contributed by atoms with van der Waals surface area (Å²) in [6, 6.07) is 6.95. The van der Waals surface area contributed by atoms with Gasteiger partial charge in [-0.2, -0.15) is 0 Å². The fourth-order valence-electron chi connectivity index (χ4n) is 2.31. The number of benzene rings is 1. The van der Waals surface area contributed by atoms with Gasteiger partial charge in [0.1, 0.15) is 5.82 Å². The second-order valence-electron chi connectivity index (χ2n) is 4.32. The van der Waals surface area contributed by atoms with Gasteiger partial charge in [0.15, 0.2) is 0 Å². The van der Waals surface area contributed by atoms with Crippen LogP contribution in [0.1, 0.15) is 30.9 Å². The molecule has 0 aromatic heterocycles. The van der Waals surface area contributed by atoms with Crippen LogP contribution < -0.4 is 0 Å². The molecule has 1 saturated heterocycles. The molecule has 1 aliphatic heterocycles. The standard InChI is InChI=1S/C13H17ClFN/c14-10-13(16-8-2-1-3-9-16)11-4-6-12(15)7-5-11/h4-7,13H,1-3,8-10H2. The van der Waals surface area contributed by atoms with Gasteiger partial charge in [-0.1, -0.05) is 18.6 Å². The molecule has 3 heteroatoms. The van der Waals surface area contributed by atoms with E-state index in [0.717, 1.165) is 18.7 Å². The predicted molar refractivity (Wildman–Crippen MR) is 65.3 cm³/mol. The van der Waals surface area contributed by atoms with Gasteiger partial charge in [-0.25, -0.2) is 4.39 Å². The Balaban J connectivity index is 2.11. The normalized spacial score (nSPS) is 19.6. The Bertz CT molecular complexity index is 319. The van der Waals surface area contributed by atoms with E-state index in [2.05, 4.69) is 4.90 Å². The molecule has 1 aliphatic rings. The third-order valence-electron chi connectivity index (χ3n) is 3.23. The smallest absolute Gasteiger partial charge is 0.123 e. The van der Waals surface area contributed by atoms with E-state index in [-0.39, 0.29) is 11.9 Å². The van der Waals surface area contributed by atoms with E-state index in [4.69, 9.17) is 11.6 Å². The first-order chi connectivity index (χ1) is 7.81. The van der Waals surface area contributed by atoms with Crippen LogP contribution in [-0.2, 0) is 0 Å². The van der Waals surface area contributed by atoms with Crippen molar-refractivity contribution in [3.8, 4) is 0 Å². The van der Waals surface area contributed by atoms with E-state index in [9.17, 15) is 4.39 Å². The molecular formula is C13H17ClFN. The summed E-state index contributed by atoms with van der Waals surface area (Å²) >= 11 is 6.04. The summed E-state index contributed by atoms with van der Waals surface area (Å²) in [6.45, 7) is 2.21. The Hall–Kier alpha value is -0.600. The number of hydrogen-bond donors (Lipinski definition) is 0. The summed E-state index contributed by atoms with van der Waals surface area (Å²) in [4.78, 5) is 2.41. The lowest BCUT2D eigenvalue weighted by Gasteiger charge is -2.33. The Kier molecular flexibility index (Phi) is 4.19. The molecule has 1 nitrogen and oxygen atoms in total. The van der Waals surface area contributed by atoms with Crippen molar-refractivity contribution >= 4 is 11.6 Å². The molecule has 1 aromatic rings. The number of rotatable bonds is 3. The van der Waals surface area contributed by atoms with E-state index in [1.165, 1.54) is 31.4 Å². The summed E-state index contributed by atoms with van der Waals surface area (Å²) in [5.41, 5.74) is 1.12. The zero-order valence-electron chi connectivity index (χ0n) is 9.33. The summed E-state index contributed by atoms with van der Waals surface area (Å²) in [7, 11) is 0. The monoisotopic (exact) mass is 241 g/mol. The zero-order valence-corrected chi connectivity index (χ0v) is 10.1. The molecule has 0 spiro atoms. The molecule has 16 heavy (non-hydrogen) atoms. The molecule has 1 atom stereocenters. The van der Waals surface area contributed by atoms with Gasteiger partial charge in [0.25, 0.3) is 0 Å². The van der Waals surface area contributed by atoms with E-state index >= 15 is 0 Å². The number of halogens is 2. The third kappa shape index (κ3) is 2.74. The zero-order chi connectivity index (χ0) is 11.4. The van der Waals surface area contributed by atoms with Crippen molar-refractivity contribution in [2.75, 3.05) is 19.0 Å². The molecule has 0 N–H and O–H groups in total. The Morgan fingerprint density at radius 3 is 2.31 bits per heavy atom. The fraction of sp³-hybridized carbons (Fsp3) is 0.538. The number of hydrogen-bond acceptors (Lipinski definition) is 1. The van der Waals surface area contributed by atoms with Crippen molar-refractivity contribution in [1.82, 2.24) is 4.90 Å². The second kappa shape index (κ2) is 5.65. The minimum Gasteiger partial charge on any atom is -0.295 e. The average molecular weight is 242 g/mol. The molecule has 2 rings (SSSR count). The highest BCUT2D eigenvalue weighted by molar-refractivity contribution is 6.18. The van der Waals surface area contributed by atoms with E-state index in [0.29, 0.717) is 5.88 Å². The van der Waals surface area contributed by atoms with Gasteiger partial charge in [-0.3, -0.25) is 4.90 Å². The van der Waals surface area contributed by atoms with Crippen LogP contribution in [0.4, 0.5) is 4.39 Å². The second-order valence-corrected chi connectivity index (χ2v) is 4.63. The van der Waals surface area contributed by atoms with Crippen molar-refractivity contribution < 1.29 is 4.39 Å². The summed E-state index contributed by atoms with van der Waals surface area (Å²) in [6.07, 6.45) is 3.80. The maximum absolute atomic E-state index is 12.8. The highest BCUT2D eigenvalue weighted by atomic mass is 35.5. The molecule has 0 aliphatic carbocycles. The van der Waals surface area contributed by atoms with E-state index in [1.54, 1.807) is 0 Å². The largest absolute Gasteiger partial charge is 0.295 e. The first kappa shape index (κ1) is 11.9. The maximum atomic E-state index is 12.8. The molecule has 88 valence electrons. The minimum absolute atomic E-state index is 0.185. The van der Waals surface area contributed by atoms with Gasteiger partial charge in [-0.05, 0) is 43.6 Å². The van der Waals surface area contributed by atoms with Crippen LogP contribution in [0, 0.1) is 5.82 Å². The number of alkyl halides is 1. The first-order valence-corrected chi connectivity index (χ1v) is 6.40. The van der Waals surface area contributed by atoms with E-state index < -0.39 is 0 Å². The van der Waals surface area contributed by atoms with Crippen LogP contribution in [0.2, 0.25) is 0 Å². The molecule has 1 unspecified atom stereocenters. The van der Waals surface area contributed by atoms with Crippen LogP contribution in [0.25, 0.3) is 0 Å². The lowest BCUT2D eigenvalue weighted by Crippen LogP contribution is -2.34. The summed E-state index contributed by atoms with van der Waals surface area (Å²) < 4.78 is 12.8. The van der Waals surface area contributed by atoms with Gasteiger partial charge < -0.3 is 0 Å². The highest BCUT2D eigenvalue weighted by Gasteiger charge is 2.21. The van der Waals surface area contributed by atoms with Gasteiger partial charge in [0.05, 0.1) is 0 Å². The van der Waals surface area contributed by atoms with Gasteiger partial charge in [0.2, 0.25) is 0 Å². The van der Waals surface area contributed by atoms with Crippen LogP contribution in [0.3, 0.4) is 0 Å². The number of nitrogens with zero attached hydrogens (tertiary/aromatic N) is 1.